The van der Waals surface area contributed by atoms with Crippen molar-refractivity contribution in [1.82, 2.24) is 0 Å². The van der Waals surface area contributed by atoms with Crippen molar-refractivity contribution in [2.24, 2.45) is 5.92 Å². The molecule has 1 N–H and O–H groups in total. The van der Waals surface area contributed by atoms with Crippen LogP contribution in [0.4, 0.5) is 0 Å². The highest BCUT2D eigenvalue weighted by atomic mass is 79.9. The molecule has 0 saturated carbocycles. The Morgan fingerprint density at radius 2 is 1.33 bits per heavy atom. The number of halogens is 4. The summed E-state index contributed by atoms with van der Waals surface area (Å²) in [6, 6.07) is 8.13. The van der Waals surface area contributed by atoms with Crippen LogP contribution in [0.3, 0.4) is 0 Å². The largest absolute Gasteiger partial charge is 0.506 e. The zero-order valence-corrected chi connectivity index (χ0v) is 22.2. The van der Waals surface area contributed by atoms with Gasteiger partial charge in [-0.05, 0) is 118 Å². The fourth-order valence-electron chi connectivity index (χ4n) is 2.82. The molecule has 0 aliphatic rings. The molecule has 148 valence electrons. The quantitative estimate of drug-likeness (QED) is 0.312. The second kappa shape index (κ2) is 9.64. The molecule has 6 heteroatoms. The molecule has 0 aliphatic heterocycles. The Labute approximate surface area is 195 Å². The summed E-state index contributed by atoms with van der Waals surface area (Å²) in [7, 11) is 0. The van der Waals surface area contributed by atoms with Gasteiger partial charge >= 0.3 is 0 Å². The van der Waals surface area contributed by atoms with Crippen LogP contribution in [0.2, 0.25) is 0 Å². The molecule has 2 rings (SSSR count). The van der Waals surface area contributed by atoms with E-state index in [9.17, 15) is 5.11 Å². The number of hydrogen-bond acceptors (Lipinski definition) is 2. The number of hydrogen-bond donors (Lipinski definition) is 1. The summed E-state index contributed by atoms with van der Waals surface area (Å²) in [6.45, 7) is 9.48. The summed E-state index contributed by atoms with van der Waals surface area (Å²) in [5.41, 5.74) is 1.96. The van der Waals surface area contributed by atoms with Crippen LogP contribution in [0.1, 0.15) is 51.7 Å². The molecule has 2 nitrogen and oxygen atoms in total. The molecule has 0 radical (unpaired) electrons. The van der Waals surface area contributed by atoms with E-state index in [1.165, 1.54) is 0 Å². The first-order valence-electron chi connectivity index (χ1n) is 8.84. The third kappa shape index (κ3) is 5.74. The molecule has 0 spiro atoms. The molecular weight excluding hydrogens is 604 g/mol. The highest BCUT2D eigenvalue weighted by Crippen LogP contribution is 2.43. The summed E-state index contributed by atoms with van der Waals surface area (Å²) in [4.78, 5) is 0. The Hall–Kier alpha value is -0.0400. The van der Waals surface area contributed by atoms with E-state index in [1.54, 1.807) is 0 Å². The van der Waals surface area contributed by atoms with Gasteiger partial charge in [0.25, 0.3) is 0 Å². The number of phenolic OH excluding ortho intramolecular Hbond substituents is 1. The van der Waals surface area contributed by atoms with Gasteiger partial charge in [0.15, 0.2) is 0 Å². The molecule has 2 aromatic rings. The lowest BCUT2D eigenvalue weighted by Crippen LogP contribution is -2.19. The summed E-state index contributed by atoms with van der Waals surface area (Å²) in [5.74, 6) is 1.74. The van der Waals surface area contributed by atoms with Gasteiger partial charge in [-0.1, -0.05) is 27.7 Å². The first kappa shape index (κ1) is 23.2. The Morgan fingerprint density at radius 1 is 0.889 bits per heavy atom. The molecule has 0 aliphatic carbocycles. The van der Waals surface area contributed by atoms with E-state index >= 15 is 0 Å². The number of aromatic hydroxyl groups is 1. The molecule has 27 heavy (non-hydrogen) atoms. The smallest absolute Gasteiger partial charge is 0.147 e. The van der Waals surface area contributed by atoms with E-state index in [1.807, 2.05) is 12.1 Å². The van der Waals surface area contributed by atoms with Crippen molar-refractivity contribution < 1.29 is 9.84 Å². The molecule has 0 atom stereocenters. The van der Waals surface area contributed by atoms with Gasteiger partial charge in [-0.25, -0.2) is 0 Å². The molecule has 2 aromatic carbocycles. The van der Waals surface area contributed by atoms with E-state index in [4.69, 9.17) is 4.74 Å². The van der Waals surface area contributed by atoms with Gasteiger partial charge in [0.2, 0.25) is 0 Å². The van der Waals surface area contributed by atoms with Gasteiger partial charge in [0.1, 0.15) is 11.5 Å². The van der Waals surface area contributed by atoms with Crippen molar-refractivity contribution in [2.75, 3.05) is 6.61 Å². The molecular formula is C21H24Br4O2. The van der Waals surface area contributed by atoms with Crippen LogP contribution in [0.15, 0.2) is 42.2 Å². The highest BCUT2D eigenvalue weighted by Gasteiger charge is 2.27. The van der Waals surface area contributed by atoms with Crippen molar-refractivity contribution in [1.29, 1.82) is 0 Å². The zero-order valence-electron chi connectivity index (χ0n) is 15.9. The first-order valence-corrected chi connectivity index (χ1v) is 12.0. The zero-order chi connectivity index (χ0) is 20.4. The number of phenols is 1. The summed E-state index contributed by atoms with van der Waals surface area (Å²) >= 11 is 14.2. The summed E-state index contributed by atoms with van der Waals surface area (Å²) in [6.07, 6.45) is 2.20. The molecule has 0 unspecified atom stereocenters. The first-order chi connectivity index (χ1) is 12.5. The lowest BCUT2D eigenvalue weighted by atomic mass is 9.78. The van der Waals surface area contributed by atoms with E-state index in [-0.39, 0.29) is 11.2 Å². The lowest BCUT2D eigenvalue weighted by Gasteiger charge is -2.28. The predicted molar refractivity (Wildman–Crippen MR) is 127 cm³/mol. The molecule has 0 heterocycles. The van der Waals surface area contributed by atoms with Crippen LogP contribution in [-0.4, -0.2) is 11.7 Å². The molecule has 0 amide bonds. The van der Waals surface area contributed by atoms with Crippen LogP contribution < -0.4 is 4.74 Å². The minimum absolute atomic E-state index is 0.210. The standard InChI is InChI=1S/C21H24Br4O2/c1-12(2)6-5-7-27-20-17(24)10-14(11-18(20)25)21(3,4)13-8-15(22)19(26)16(23)9-13/h8-12,26H,5-7H2,1-4H3. The minimum atomic E-state index is -0.264. The van der Waals surface area contributed by atoms with Gasteiger partial charge in [0, 0.05) is 5.41 Å². The van der Waals surface area contributed by atoms with Crippen LogP contribution in [-0.2, 0) is 5.41 Å². The maximum atomic E-state index is 10.0. The van der Waals surface area contributed by atoms with E-state index < -0.39 is 0 Å². The van der Waals surface area contributed by atoms with Gasteiger partial charge in [0.05, 0.1) is 24.5 Å². The van der Waals surface area contributed by atoms with Crippen molar-refractivity contribution >= 4 is 63.7 Å². The van der Waals surface area contributed by atoms with Crippen LogP contribution in [0.25, 0.3) is 0 Å². The van der Waals surface area contributed by atoms with Crippen LogP contribution in [0, 0.1) is 5.92 Å². The third-order valence-electron chi connectivity index (χ3n) is 4.63. The average molecular weight is 628 g/mol. The number of benzene rings is 2. The molecule has 0 fully saturated rings. The second-order valence-corrected chi connectivity index (χ2v) is 11.0. The average Bonchev–Trinajstić information content (AvgIpc) is 2.57. The van der Waals surface area contributed by atoms with Gasteiger partial charge in [-0.15, -0.1) is 0 Å². The van der Waals surface area contributed by atoms with Crippen molar-refractivity contribution in [3.63, 3.8) is 0 Å². The lowest BCUT2D eigenvalue weighted by molar-refractivity contribution is 0.294. The monoisotopic (exact) mass is 624 g/mol. The SMILES string of the molecule is CC(C)CCCOc1c(Br)cc(C(C)(C)c2cc(Br)c(O)c(Br)c2)cc1Br. The van der Waals surface area contributed by atoms with Gasteiger partial charge in [-0.2, -0.15) is 0 Å². The van der Waals surface area contributed by atoms with Crippen LogP contribution >= 0.6 is 63.7 Å². The van der Waals surface area contributed by atoms with Crippen molar-refractivity contribution in [3.8, 4) is 11.5 Å². The Morgan fingerprint density at radius 3 is 1.78 bits per heavy atom. The summed E-state index contributed by atoms with van der Waals surface area (Å²) in [5, 5.41) is 10.0. The molecule has 0 saturated heterocycles. The topological polar surface area (TPSA) is 29.5 Å². The predicted octanol–water partition coefficient (Wildman–Crippen LogP) is 8.58. The number of rotatable bonds is 7. The van der Waals surface area contributed by atoms with E-state index in [0.717, 1.165) is 38.7 Å². The van der Waals surface area contributed by atoms with Gasteiger partial charge in [-0.3, -0.25) is 0 Å². The molecule has 0 bridgehead atoms. The van der Waals surface area contributed by atoms with Crippen molar-refractivity contribution in [3.05, 3.63) is 53.3 Å². The van der Waals surface area contributed by atoms with Crippen LogP contribution in [0.5, 0.6) is 11.5 Å². The molecule has 0 aromatic heterocycles. The Balaban J connectivity index is 2.30. The maximum Gasteiger partial charge on any atom is 0.147 e. The van der Waals surface area contributed by atoms with Gasteiger partial charge < -0.3 is 9.84 Å². The minimum Gasteiger partial charge on any atom is -0.506 e. The fraction of sp³-hybridized carbons (Fsp3) is 0.429. The summed E-state index contributed by atoms with van der Waals surface area (Å²) < 4.78 is 9.21. The third-order valence-corrected chi connectivity index (χ3v) is 7.02. The second-order valence-electron chi connectivity index (χ2n) is 7.57. The highest BCUT2D eigenvalue weighted by molar-refractivity contribution is 9.11. The Bertz CT molecular complexity index is 770. The normalized spacial score (nSPS) is 11.9. The Kier molecular flexibility index (Phi) is 8.30. The van der Waals surface area contributed by atoms with E-state index in [2.05, 4.69) is 104 Å². The number of ether oxygens (including phenoxy) is 1. The fourth-order valence-corrected chi connectivity index (χ4v) is 5.42. The maximum absolute atomic E-state index is 10.0. The van der Waals surface area contributed by atoms with E-state index in [0.29, 0.717) is 21.5 Å². The van der Waals surface area contributed by atoms with Crippen molar-refractivity contribution in [2.45, 2.75) is 46.0 Å².